The first kappa shape index (κ1) is 12.9. The molecule has 0 spiro atoms. The normalized spacial score (nSPS) is 19.2. The summed E-state index contributed by atoms with van der Waals surface area (Å²) in [5.41, 5.74) is 5.86. The van der Waals surface area contributed by atoms with Gasteiger partial charge in [0.25, 0.3) is 0 Å². The van der Waals surface area contributed by atoms with Crippen molar-refractivity contribution in [2.45, 2.75) is 59.2 Å². The minimum absolute atomic E-state index is 0.250. The topological polar surface area (TPSA) is 29.3 Å². The number of likely N-dealkylation sites (N-methyl/N-ethyl adjacent to an activating group) is 1. The molecule has 3 atom stereocenters. The monoisotopic (exact) mass is 186 g/mol. The predicted molar refractivity (Wildman–Crippen MR) is 59.8 cm³/mol. The third-order valence-electron chi connectivity index (χ3n) is 2.91. The van der Waals surface area contributed by atoms with E-state index in [9.17, 15) is 0 Å². The number of rotatable bonds is 5. The molecule has 0 aromatic heterocycles. The summed E-state index contributed by atoms with van der Waals surface area (Å²) in [6.45, 7) is 11.1. The third kappa shape index (κ3) is 4.63. The summed E-state index contributed by atoms with van der Waals surface area (Å²) in [7, 11) is 2.17. The number of hydrogen-bond acceptors (Lipinski definition) is 2. The second-order valence-electron chi connectivity index (χ2n) is 4.74. The average molecular weight is 186 g/mol. The van der Waals surface area contributed by atoms with E-state index in [1.807, 2.05) is 0 Å². The molecule has 0 bridgehead atoms. The van der Waals surface area contributed by atoms with Crippen molar-refractivity contribution in [3.8, 4) is 0 Å². The van der Waals surface area contributed by atoms with E-state index in [4.69, 9.17) is 5.73 Å². The van der Waals surface area contributed by atoms with Crippen LogP contribution in [0.25, 0.3) is 0 Å². The van der Waals surface area contributed by atoms with Crippen LogP contribution in [0.5, 0.6) is 0 Å². The van der Waals surface area contributed by atoms with Crippen LogP contribution in [0.4, 0.5) is 0 Å². The molecule has 2 N–H and O–H groups in total. The van der Waals surface area contributed by atoms with Crippen molar-refractivity contribution in [1.29, 1.82) is 0 Å². The lowest BCUT2D eigenvalue weighted by Gasteiger charge is -2.33. The molecular weight excluding hydrogens is 160 g/mol. The smallest absolute Gasteiger partial charge is 0.0215 e. The molecule has 0 saturated carbocycles. The van der Waals surface area contributed by atoms with Gasteiger partial charge < -0.3 is 5.73 Å². The van der Waals surface area contributed by atoms with Crippen molar-refractivity contribution in [2.75, 3.05) is 7.05 Å². The van der Waals surface area contributed by atoms with E-state index in [0.29, 0.717) is 12.1 Å². The molecule has 2 heteroatoms. The van der Waals surface area contributed by atoms with Gasteiger partial charge in [-0.2, -0.15) is 0 Å². The first-order chi connectivity index (χ1) is 5.86. The summed E-state index contributed by atoms with van der Waals surface area (Å²) in [5.74, 6) is 0.762. The molecule has 0 aromatic rings. The second-order valence-corrected chi connectivity index (χ2v) is 4.74. The van der Waals surface area contributed by atoms with Gasteiger partial charge in [-0.15, -0.1) is 0 Å². The number of nitrogens with zero attached hydrogens (tertiary/aromatic N) is 1. The van der Waals surface area contributed by atoms with Crippen LogP contribution in [-0.2, 0) is 0 Å². The molecule has 0 aliphatic rings. The Hall–Kier alpha value is -0.0800. The van der Waals surface area contributed by atoms with Gasteiger partial charge in [0.05, 0.1) is 0 Å². The quantitative estimate of drug-likeness (QED) is 0.712. The average Bonchev–Trinajstić information content (AvgIpc) is 2.00. The largest absolute Gasteiger partial charge is 0.327 e. The third-order valence-corrected chi connectivity index (χ3v) is 2.91. The van der Waals surface area contributed by atoms with Gasteiger partial charge in [-0.1, -0.05) is 13.8 Å². The maximum Gasteiger partial charge on any atom is 0.0215 e. The summed E-state index contributed by atoms with van der Waals surface area (Å²) in [5, 5.41) is 0. The summed E-state index contributed by atoms with van der Waals surface area (Å²) in [4.78, 5) is 2.38. The van der Waals surface area contributed by atoms with Gasteiger partial charge in [-0.25, -0.2) is 0 Å². The molecule has 0 radical (unpaired) electrons. The highest BCUT2D eigenvalue weighted by atomic mass is 15.2. The fourth-order valence-corrected chi connectivity index (χ4v) is 1.62. The molecule has 13 heavy (non-hydrogen) atoms. The molecule has 0 aliphatic heterocycles. The van der Waals surface area contributed by atoms with Gasteiger partial charge in [0.15, 0.2) is 0 Å². The summed E-state index contributed by atoms with van der Waals surface area (Å²) < 4.78 is 0. The van der Waals surface area contributed by atoms with Crippen LogP contribution in [0.2, 0.25) is 0 Å². The Labute approximate surface area is 83.5 Å². The molecule has 2 nitrogen and oxygen atoms in total. The zero-order valence-electron chi connectivity index (χ0n) is 10.0. The molecule has 0 fully saturated rings. The maximum atomic E-state index is 5.86. The lowest BCUT2D eigenvalue weighted by Crippen LogP contribution is -2.46. The fourth-order valence-electron chi connectivity index (χ4n) is 1.62. The van der Waals surface area contributed by atoms with Crippen LogP contribution < -0.4 is 5.73 Å². The van der Waals surface area contributed by atoms with Crippen molar-refractivity contribution >= 4 is 0 Å². The summed E-state index contributed by atoms with van der Waals surface area (Å²) >= 11 is 0. The van der Waals surface area contributed by atoms with Crippen LogP contribution in [0.1, 0.15) is 41.0 Å². The van der Waals surface area contributed by atoms with E-state index in [0.717, 1.165) is 5.92 Å². The molecule has 0 aliphatic carbocycles. The van der Waals surface area contributed by atoms with Gasteiger partial charge in [-0.05, 0) is 40.2 Å². The highest BCUT2D eigenvalue weighted by Gasteiger charge is 2.19. The zero-order valence-corrected chi connectivity index (χ0v) is 10.0. The molecule has 0 heterocycles. The van der Waals surface area contributed by atoms with Gasteiger partial charge in [0.1, 0.15) is 0 Å². The van der Waals surface area contributed by atoms with E-state index in [-0.39, 0.29) is 6.04 Å². The highest BCUT2D eigenvalue weighted by molar-refractivity contribution is 4.76. The summed E-state index contributed by atoms with van der Waals surface area (Å²) in [6.07, 6.45) is 1.24. The lowest BCUT2D eigenvalue weighted by atomic mass is 10.0. The first-order valence-electron chi connectivity index (χ1n) is 5.33. The van der Waals surface area contributed by atoms with Crippen LogP contribution in [0, 0.1) is 5.92 Å². The lowest BCUT2D eigenvalue weighted by molar-refractivity contribution is 0.159. The SMILES string of the molecule is CC(C)CC(C)N(C)C(C)C(C)N. The van der Waals surface area contributed by atoms with Crippen molar-refractivity contribution < 1.29 is 0 Å². The molecule has 80 valence electrons. The Bertz CT molecular complexity index is 132. The predicted octanol–water partition coefficient (Wildman–Crippen LogP) is 2.09. The van der Waals surface area contributed by atoms with Gasteiger partial charge >= 0.3 is 0 Å². The van der Waals surface area contributed by atoms with Crippen LogP contribution in [-0.4, -0.2) is 30.1 Å². The Morgan fingerprint density at radius 1 is 1.08 bits per heavy atom. The maximum absolute atomic E-state index is 5.86. The first-order valence-corrected chi connectivity index (χ1v) is 5.33. The molecule has 0 rings (SSSR count). The van der Waals surface area contributed by atoms with E-state index in [1.54, 1.807) is 0 Å². The number of hydrogen-bond donors (Lipinski definition) is 1. The van der Waals surface area contributed by atoms with Gasteiger partial charge in [0, 0.05) is 18.1 Å². The standard InChI is InChI=1S/C11H26N2/c1-8(2)7-9(3)13(6)11(5)10(4)12/h8-11H,7,12H2,1-6H3. The van der Waals surface area contributed by atoms with Crippen LogP contribution in [0.3, 0.4) is 0 Å². The molecule has 0 amide bonds. The molecule has 3 unspecified atom stereocenters. The minimum atomic E-state index is 0.250. The highest BCUT2D eigenvalue weighted by Crippen LogP contribution is 2.13. The summed E-state index contributed by atoms with van der Waals surface area (Å²) in [6, 6.07) is 1.34. The van der Waals surface area contributed by atoms with Crippen molar-refractivity contribution in [3.05, 3.63) is 0 Å². The van der Waals surface area contributed by atoms with Crippen molar-refractivity contribution in [1.82, 2.24) is 4.90 Å². The molecule has 0 aromatic carbocycles. The van der Waals surface area contributed by atoms with Gasteiger partial charge in [-0.3, -0.25) is 4.90 Å². The Morgan fingerprint density at radius 2 is 1.54 bits per heavy atom. The Kier molecular flexibility index (Phi) is 5.57. The van der Waals surface area contributed by atoms with Crippen molar-refractivity contribution in [3.63, 3.8) is 0 Å². The van der Waals surface area contributed by atoms with E-state index < -0.39 is 0 Å². The fraction of sp³-hybridized carbons (Fsp3) is 1.00. The Morgan fingerprint density at radius 3 is 1.85 bits per heavy atom. The van der Waals surface area contributed by atoms with Crippen LogP contribution >= 0.6 is 0 Å². The van der Waals surface area contributed by atoms with Gasteiger partial charge in [0.2, 0.25) is 0 Å². The van der Waals surface area contributed by atoms with Crippen LogP contribution in [0.15, 0.2) is 0 Å². The molecule has 0 saturated heterocycles. The van der Waals surface area contributed by atoms with E-state index in [1.165, 1.54) is 6.42 Å². The molecular formula is C11H26N2. The zero-order chi connectivity index (χ0) is 10.6. The number of nitrogens with two attached hydrogens (primary N) is 1. The minimum Gasteiger partial charge on any atom is -0.327 e. The second kappa shape index (κ2) is 5.61. The van der Waals surface area contributed by atoms with E-state index >= 15 is 0 Å². The van der Waals surface area contributed by atoms with E-state index in [2.05, 4.69) is 46.6 Å². The Balaban J connectivity index is 4.01. The van der Waals surface area contributed by atoms with Crippen molar-refractivity contribution in [2.24, 2.45) is 11.7 Å².